The Balaban J connectivity index is 0.000000113. The molecule has 0 spiro atoms. The predicted molar refractivity (Wildman–Crippen MR) is 607 cm³/mol. The van der Waals surface area contributed by atoms with Crippen molar-refractivity contribution in [3.05, 3.63) is 268 Å². The number of benzene rings is 8. The van der Waals surface area contributed by atoms with Gasteiger partial charge in [0.05, 0.1) is 62.7 Å². The summed E-state index contributed by atoms with van der Waals surface area (Å²) in [7, 11) is 0. The molecule has 148 heavy (non-hydrogen) atoms. The standard InChI is InChI=1S/4C10H12O.2C9H12N2.C9H11NO.C9H17N.C9H10O2.C8H10N2.C8H15NO.2C8H15N.2C5H9N/c2*1-2-7-10-9(5-1)6-3-4-8-11-10;2*1-2-5-10-8-11-7-3-6-9(10)4-1;1-2-5-9-8(4-1)10-6-3-7-11-9;2*1-2-4-9-8(3-1)7-10-5-6-11-9;1-2-4-9-7-10-6-5-8(9)3-1;1-2-5-9-8(4-1)10-6-3-7-11-9;1-3-9-5-8-6-10-4-2-7(1)8;1-8(2)3-6-4-9-5-7(6)10-8;1-2-4-8-6-9-5-7(8)3-1;1-2-4-8-7(3-1)5-6-9-8;1-4-2-6-3-5(1)4;1-2-6-5-3-4(1)5/h2*1-2,5,7H,3-4,6,8H2;2*1-2,4-5H,3,6-8H2;1-2,4-5,10-11H,3,6-7H2;1-4,10-11H,5-7H2;1-4,10H,5-7H2;8-10H,1-7H2;1-2,4-5H,3,6-7H2;1,3,5,10H,2,4,6H2;6-7,9H,3-5H2,1-2H3;2*7-9H,1-6H2;2*4-6H,1-3H2. The minimum atomic E-state index is 0.150. The normalized spacial score (nSPS) is 26.0. The van der Waals surface area contributed by atoms with Gasteiger partial charge in [0.15, 0.2) is 11.5 Å². The van der Waals surface area contributed by atoms with Crippen LogP contribution < -0.4 is 87.5 Å². The summed E-state index contributed by atoms with van der Waals surface area (Å²) >= 11 is 0. The molecule has 12 N–H and O–H groups in total. The van der Waals surface area contributed by atoms with E-state index in [9.17, 15) is 0 Å². The number of ether oxygens (including phenoxy) is 8. The molecule has 12 fully saturated rings. The van der Waals surface area contributed by atoms with Crippen molar-refractivity contribution in [2.75, 3.05) is 167 Å². The lowest BCUT2D eigenvalue weighted by Gasteiger charge is -2.35. The smallest absolute Gasteiger partial charge is 0.161 e. The van der Waals surface area contributed by atoms with E-state index in [1.165, 1.54) is 298 Å². The second-order valence-electron chi connectivity index (χ2n) is 44.3. The molecule has 5 saturated carbocycles. The number of para-hydroxylation sites is 8. The topological polar surface area (TPSA) is 231 Å². The van der Waals surface area contributed by atoms with Crippen LogP contribution in [-0.4, -0.2) is 180 Å². The van der Waals surface area contributed by atoms with Gasteiger partial charge in [0, 0.05) is 127 Å². The molecule has 0 radical (unpaired) electrons. The summed E-state index contributed by atoms with van der Waals surface area (Å²) in [6, 6.07) is 70.3. The highest BCUT2D eigenvalue weighted by molar-refractivity contribution is 5.69. The molecule has 804 valence electrons. The highest BCUT2D eigenvalue weighted by Crippen LogP contribution is 2.42. The van der Waals surface area contributed by atoms with E-state index in [0.29, 0.717) is 6.10 Å². The van der Waals surface area contributed by atoms with Gasteiger partial charge in [-0.3, -0.25) is 4.98 Å². The molecule has 1 aromatic heterocycles. The van der Waals surface area contributed by atoms with Gasteiger partial charge in [0.25, 0.3) is 0 Å². The minimum Gasteiger partial charge on any atom is -0.493 e. The molecule has 12 unspecified atom stereocenters. The summed E-state index contributed by atoms with van der Waals surface area (Å²) in [5, 5.41) is 40.6. The van der Waals surface area contributed by atoms with Gasteiger partial charge in [-0.1, -0.05) is 191 Å². The average molecular weight is 2020 g/mol. The van der Waals surface area contributed by atoms with Crippen molar-refractivity contribution < 1.29 is 37.9 Å². The first-order chi connectivity index (χ1) is 73.2. The number of hydrogen-bond donors (Lipinski definition) is 12. The van der Waals surface area contributed by atoms with Gasteiger partial charge in [-0.05, 0) is 372 Å². The molecular formula is C127H183N13O8. The maximum absolute atomic E-state index is 5.81. The minimum absolute atomic E-state index is 0.150. The third-order valence-corrected chi connectivity index (χ3v) is 32.7. The lowest BCUT2D eigenvalue weighted by molar-refractivity contribution is -0.0119. The van der Waals surface area contributed by atoms with E-state index < -0.39 is 0 Å². The number of pyridine rings is 1. The van der Waals surface area contributed by atoms with Gasteiger partial charge >= 0.3 is 0 Å². The summed E-state index contributed by atoms with van der Waals surface area (Å²) in [6.07, 6.45) is 46.0. The number of nitrogens with one attached hydrogen (secondary N) is 12. The van der Waals surface area contributed by atoms with Crippen LogP contribution in [0.5, 0.6) is 28.7 Å². The number of hydrogen-bond acceptors (Lipinski definition) is 21. The van der Waals surface area contributed by atoms with Gasteiger partial charge in [-0.2, -0.15) is 0 Å². The third kappa shape index (κ3) is 38.3. The molecule has 9 aromatic rings. The lowest BCUT2D eigenvalue weighted by atomic mass is 9.76. The Bertz CT molecular complexity index is 4230. The summed E-state index contributed by atoms with van der Waals surface area (Å²) in [4.78, 5) is 4.06. The predicted octanol–water partition coefficient (Wildman–Crippen LogP) is 22.0. The van der Waals surface area contributed by atoms with Crippen molar-refractivity contribution in [1.29, 1.82) is 0 Å². The average Bonchev–Trinajstić information content (AvgIpc) is 1.67. The van der Waals surface area contributed by atoms with Crippen LogP contribution in [0.25, 0.3) is 0 Å². The fourth-order valence-corrected chi connectivity index (χ4v) is 24.0. The second kappa shape index (κ2) is 63.3. The van der Waals surface area contributed by atoms with Crippen LogP contribution in [0.2, 0.25) is 0 Å². The van der Waals surface area contributed by atoms with Crippen LogP contribution >= 0.6 is 0 Å². The number of piperidine rings is 3. The van der Waals surface area contributed by atoms with E-state index in [1.54, 1.807) is 0 Å². The SMILES string of the molecule is C1CC2CC2N1.C1CCC2CNCC2C1.C1CCC2CNCCC2C1.C1CCC2NCCC2C1.C1NCC2CC12.CC1(C)CC2CNCC2O1.c1cc2c(cn1)CNCC2.c1ccc2c(c1)CCCCO2.c1ccc2c(c1)CCCCO2.c1ccc2c(c1)CCCOC2.c1ccc2c(c1)CCCOC2.c1ccc2c(c1)CNCCN2.c1ccc2c(c1)CNCCO2.c1ccc2c(c1)NCCCN2.c1ccc2c(c1)OCCCO2. The zero-order valence-electron chi connectivity index (χ0n) is 90.1. The van der Waals surface area contributed by atoms with E-state index in [2.05, 4.69) is 228 Å². The maximum Gasteiger partial charge on any atom is 0.161 e. The summed E-state index contributed by atoms with van der Waals surface area (Å²) < 4.78 is 44.1. The van der Waals surface area contributed by atoms with E-state index in [1.807, 2.05) is 67.0 Å². The van der Waals surface area contributed by atoms with Gasteiger partial charge in [0.2, 0.25) is 0 Å². The molecule has 8 aromatic carbocycles. The number of aromatic nitrogens is 1. The van der Waals surface area contributed by atoms with Crippen LogP contribution in [0.1, 0.15) is 236 Å². The first-order valence-corrected chi connectivity index (χ1v) is 58.4. The Morgan fingerprint density at radius 2 is 0.689 bits per heavy atom. The zero-order valence-corrected chi connectivity index (χ0v) is 90.1. The Morgan fingerprint density at radius 1 is 0.257 bits per heavy atom. The van der Waals surface area contributed by atoms with Crippen LogP contribution in [0.4, 0.5) is 17.1 Å². The molecule has 30 rings (SSSR count). The van der Waals surface area contributed by atoms with Gasteiger partial charge in [-0.15, -0.1) is 0 Å². The number of aryl methyl sites for hydroxylation is 4. The molecule has 21 aliphatic rings. The van der Waals surface area contributed by atoms with E-state index in [-0.39, 0.29) is 5.60 Å². The first kappa shape index (κ1) is 111. The molecule has 12 atom stereocenters. The van der Waals surface area contributed by atoms with Gasteiger partial charge < -0.3 is 102 Å². The molecular weight excluding hydrogens is 1840 g/mol. The van der Waals surface area contributed by atoms with Gasteiger partial charge in [0.1, 0.15) is 23.9 Å². The Morgan fingerprint density at radius 3 is 1.26 bits per heavy atom. The molecule has 21 nitrogen and oxygen atoms in total. The second-order valence-corrected chi connectivity index (χ2v) is 44.3. The Hall–Kier alpha value is -9.17. The molecule has 21 heteroatoms. The van der Waals surface area contributed by atoms with Crippen LogP contribution in [0.3, 0.4) is 0 Å². The summed E-state index contributed by atoms with van der Waals surface area (Å²) in [6.45, 7) is 33.7. The van der Waals surface area contributed by atoms with Crippen molar-refractivity contribution in [2.45, 2.75) is 270 Å². The van der Waals surface area contributed by atoms with Gasteiger partial charge in [-0.25, -0.2) is 0 Å². The third-order valence-electron chi connectivity index (χ3n) is 32.7. The molecule has 0 bridgehead atoms. The van der Waals surface area contributed by atoms with Crippen LogP contribution in [0.15, 0.2) is 213 Å². The molecule has 16 aliphatic heterocycles. The first-order valence-electron chi connectivity index (χ1n) is 58.4. The molecule has 0 amide bonds. The van der Waals surface area contributed by atoms with E-state index in [0.717, 1.165) is 251 Å². The maximum atomic E-state index is 5.81. The lowest BCUT2D eigenvalue weighted by Crippen LogP contribution is -2.38. The highest BCUT2D eigenvalue weighted by atomic mass is 16.5. The Labute approximate surface area is 889 Å². The number of fused-ring (bicyclic) bond motifs is 15. The zero-order chi connectivity index (χ0) is 101. The largest absolute Gasteiger partial charge is 0.493 e. The quantitative estimate of drug-likeness (QED) is 0.0677. The number of anilines is 3. The molecule has 5 aliphatic carbocycles. The van der Waals surface area contributed by atoms with Crippen LogP contribution in [0, 0.1) is 53.3 Å². The van der Waals surface area contributed by atoms with Crippen molar-refractivity contribution in [3.8, 4) is 28.7 Å². The molecule has 7 saturated heterocycles. The monoisotopic (exact) mass is 2020 g/mol. The number of nitrogens with zero attached hydrogens (tertiary/aromatic N) is 1. The van der Waals surface area contributed by atoms with Crippen molar-refractivity contribution in [3.63, 3.8) is 0 Å². The Kier molecular flexibility index (Phi) is 47.7. The fraction of sp³-hybridized carbons (Fsp3) is 0.583. The highest BCUT2D eigenvalue weighted by Gasteiger charge is 2.43. The summed E-state index contributed by atoms with van der Waals surface area (Å²) in [5.74, 6) is 14.3. The van der Waals surface area contributed by atoms with Crippen LogP contribution in [-0.2, 0) is 79.2 Å². The fourth-order valence-electron chi connectivity index (χ4n) is 24.0. The number of rotatable bonds is 0. The van der Waals surface area contributed by atoms with Crippen molar-refractivity contribution in [1.82, 2.24) is 52.8 Å². The molecule has 17 heterocycles. The van der Waals surface area contributed by atoms with Crippen molar-refractivity contribution >= 4 is 17.1 Å². The van der Waals surface area contributed by atoms with Crippen molar-refractivity contribution in [2.24, 2.45) is 53.3 Å². The van der Waals surface area contributed by atoms with E-state index in [4.69, 9.17) is 37.9 Å². The van der Waals surface area contributed by atoms with E-state index >= 15 is 0 Å². The summed E-state index contributed by atoms with van der Waals surface area (Å²) in [5.41, 5.74) is 17.7.